The zero-order valence-corrected chi connectivity index (χ0v) is 10.9. The molecule has 0 aliphatic rings. The van der Waals surface area contributed by atoms with Gasteiger partial charge in [-0.25, -0.2) is 0 Å². The first kappa shape index (κ1) is 14.0. The molecule has 0 aliphatic carbocycles. The Morgan fingerprint density at radius 2 is 2.25 bits per heavy atom. The standard InChI is InChI=1S/C11H13FN6O2/c1-7(2)13-6-11-14-15-16-17(11)8-3-4-10(18(19)20)9(12)5-8/h3-5,7,13H,6H2,1-2H3. The molecule has 1 heterocycles. The fourth-order valence-corrected chi connectivity index (χ4v) is 1.59. The quantitative estimate of drug-likeness (QED) is 0.652. The van der Waals surface area contributed by atoms with Crippen molar-refractivity contribution in [2.75, 3.05) is 0 Å². The van der Waals surface area contributed by atoms with Gasteiger partial charge in [-0.1, -0.05) is 13.8 Å². The first-order valence-corrected chi connectivity index (χ1v) is 5.94. The number of hydrogen-bond acceptors (Lipinski definition) is 6. The van der Waals surface area contributed by atoms with Gasteiger partial charge in [0.2, 0.25) is 5.82 Å². The number of rotatable bonds is 5. The van der Waals surface area contributed by atoms with E-state index in [1.54, 1.807) is 0 Å². The zero-order chi connectivity index (χ0) is 14.7. The molecule has 0 fully saturated rings. The van der Waals surface area contributed by atoms with E-state index in [1.165, 1.54) is 10.7 Å². The Balaban J connectivity index is 2.30. The maximum absolute atomic E-state index is 13.6. The molecule has 0 aliphatic heterocycles. The van der Waals surface area contributed by atoms with Crippen LogP contribution in [0.1, 0.15) is 19.7 Å². The van der Waals surface area contributed by atoms with Crippen molar-refractivity contribution >= 4 is 5.69 Å². The Morgan fingerprint density at radius 3 is 2.85 bits per heavy atom. The number of nitrogens with zero attached hydrogens (tertiary/aromatic N) is 5. The fourth-order valence-electron chi connectivity index (χ4n) is 1.59. The first-order valence-electron chi connectivity index (χ1n) is 5.94. The van der Waals surface area contributed by atoms with Gasteiger partial charge in [0.05, 0.1) is 17.2 Å². The summed E-state index contributed by atoms with van der Waals surface area (Å²) in [6.45, 7) is 4.35. The van der Waals surface area contributed by atoms with Crippen molar-refractivity contribution in [3.63, 3.8) is 0 Å². The molecule has 1 N–H and O–H groups in total. The van der Waals surface area contributed by atoms with Crippen LogP contribution in [0.2, 0.25) is 0 Å². The van der Waals surface area contributed by atoms with E-state index in [2.05, 4.69) is 20.8 Å². The highest BCUT2D eigenvalue weighted by Gasteiger charge is 2.16. The minimum atomic E-state index is -0.925. The smallest absolute Gasteiger partial charge is 0.304 e. The van der Waals surface area contributed by atoms with Crippen molar-refractivity contribution in [2.24, 2.45) is 0 Å². The molecule has 1 aromatic heterocycles. The molecule has 2 aromatic rings. The lowest BCUT2D eigenvalue weighted by Gasteiger charge is -2.08. The summed E-state index contributed by atoms with van der Waals surface area (Å²) in [5.74, 6) is -0.433. The molecule has 9 heteroatoms. The van der Waals surface area contributed by atoms with Crippen molar-refractivity contribution in [3.05, 3.63) is 40.0 Å². The van der Waals surface area contributed by atoms with Crippen LogP contribution in [0.25, 0.3) is 5.69 Å². The highest BCUT2D eigenvalue weighted by molar-refractivity contribution is 5.42. The summed E-state index contributed by atoms with van der Waals surface area (Å²) in [4.78, 5) is 9.79. The Labute approximate surface area is 113 Å². The maximum Gasteiger partial charge on any atom is 0.304 e. The zero-order valence-electron chi connectivity index (χ0n) is 10.9. The number of halogens is 1. The van der Waals surface area contributed by atoms with Gasteiger partial charge in [0.15, 0.2) is 5.82 Å². The Morgan fingerprint density at radius 1 is 1.50 bits per heavy atom. The Hall–Kier alpha value is -2.42. The number of aromatic nitrogens is 4. The van der Waals surface area contributed by atoms with E-state index >= 15 is 0 Å². The van der Waals surface area contributed by atoms with Gasteiger partial charge in [-0.3, -0.25) is 10.1 Å². The number of nitrogens with one attached hydrogen (secondary N) is 1. The average Bonchev–Trinajstić information content (AvgIpc) is 2.83. The first-order chi connectivity index (χ1) is 9.49. The maximum atomic E-state index is 13.6. The highest BCUT2D eigenvalue weighted by atomic mass is 19.1. The van der Waals surface area contributed by atoms with Crippen LogP contribution in [-0.4, -0.2) is 31.2 Å². The molecule has 0 amide bonds. The molecule has 0 bridgehead atoms. The lowest BCUT2D eigenvalue weighted by molar-refractivity contribution is -0.387. The molecule has 20 heavy (non-hydrogen) atoms. The third kappa shape index (κ3) is 2.94. The van der Waals surface area contributed by atoms with Crippen LogP contribution >= 0.6 is 0 Å². The third-order valence-electron chi connectivity index (χ3n) is 2.58. The van der Waals surface area contributed by atoms with Gasteiger partial charge in [-0.15, -0.1) is 5.10 Å². The SMILES string of the molecule is CC(C)NCc1nnnn1-c1ccc([N+](=O)[O-])c(F)c1. The third-order valence-corrected chi connectivity index (χ3v) is 2.58. The molecule has 0 unspecified atom stereocenters. The molecule has 0 spiro atoms. The second kappa shape index (κ2) is 5.70. The summed E-state index contributed by atoms with van der Waals surface area (Å²) in [5, 5.41) is 24.8. The molecule has 2 rings (SSSR count). The Bertz CT molecular complexity index is 627. The van der Waals surface area contributed by atoms with Crippen molar-refractivity contribution in [2.45, 2.75) is 26.4 Å². The summed E-state index contributed by atoms with van der Waals surface area (Å²) in [6, 6.07) is 3.77. The summed E-state index contributed by atoms with van der Waals surface area (Å²) in [6.07, 6.45) is 0. The van der Waals surface area contributed by atoms with Crippen LogP contribution in [0.15, 0.2) is 18.2 Å². The minimum Gasteiger partial charge on any atom is -0.308 e. The van der Waals surface area contributed by atoms with E-state index < -0.39 is 16.4 Å². The van der Waals surface area contributed by atoms with E-state index in [9.17, 15) is 14.5 Å². The van der Waals surface area contributed by atoms with Crippen molar-refractivity contribution in [3.8, 4) is 5.69 Å². The lowest BCUT2D eigenvalue weighted by Crippen LogP contribution is -2.24. The van der Waals surface area contributed by atoms with E-state index in [4.69, 9.17) is 0 Å². The molecular formula is C11H13FN6O2. The molecule has 0 atom stereocenters. The lowest BCUT2D eigenvalue weighted by atomic mass is 10.2. The van der Waals surface area contributed by atoms with Crippen LogP contribution in [0.5, 0.6) is 0 Å². The van der Waals surface area contributed by atoms with Gasteiger partial charge in [0.1, 0.15) is 0 Å². The van der Waals surface area contributed by atoms with Crippen molar-refractivity contribution in [1.29, 1.82) is 0 Å². The summed E-state index contributed by atoms with van der Waals surface area (Å²) >= 11 is 0. The Kier molecular flexibility index (Phi) is 3.99. The molecule has 1 aromatic carbocycles. The van der Waals surface area contributed by atoms with Crippen molar-refractivity contribution in [1.82, 2.24) is 25.5 Å². The molecule has 0 saturated carbocycles. The van der Waals surface area contributed by atoms with Gasteiger partial charge >= 0.3 is 5.69 Å². The molecule has 0 saturated heterocycles. The summed E-state index contributed by atoms with van der Waals surface area (Å²) < 4.78 is 14.9. The second-order valence-corrected chi connectivity index (χ2v) is 4.44. The number of benzene rings is 1. The van der Waals surface area contributed by atoms with E-state index in [1.807, 2.05) is 13.8 Å². The number of nitro groups is 1. The van der Waals surface area contributed by atoms with Crippen LogP contribution < -0.4 is 5.32 Å². The number of hydrogen-bond donors (Lipinski definition) is 1. The van der Waals surface area contributed by atoms with E-state index in [0.717, 1.165) is 12.1 Å². The van der Waals surface area contributed by atoms with Gasteiger partial charge < -0.3 is 5.32 Å². The predicted molar refractivity (Wildman–Crippen MR) is 67.7 cm³/mol. The predicted octanol–water partition coefficient (Wildman–Crippen LogP) is 1.21. The van der Waals surface area contributed by atoms with E-state index in [-0.39, 0.29) is 6.04 Å². The van der Waals surface area contributed by atoms with Crippen LogP contribution in [0.3, 0.4) is 0 Å². The van der Waals surface area contributed by atoms with Crippen LogP contribution in [-0.2, 0) is 6.54 Å². The molecule has 106 valence electrons. The highest BCUT2D eigenvalue weighted by Crippen LogP contribution is 2.20. The summed E-state index contributed by atoms with van der Waals surface area (Å²) in [5.41, 5.74) is -0.248. The van der Waals surface area contributed by atoms with Gasteiger partial charge in [-0.2, -0.15) is 9.07 Å². The normalized spacial score (nSPS) is 11.0. The molecular weight excluding hydrogens is 267 g/mol. The van der Waals surface area contributed by atoms with Crippen LogP contribution in [0.4, 0.5) is 10.1 Å². The molecule has 8 nitrogen and oxygen atoms in total. The van der Waals surface area contributed by atoms with E-state index in [0.29, 0.717) is 18.1 Å². The summed E-state index contributed by atoms with van der Waals surface area (Å²) in [7, 11) is 0. The van der Waals surface area contributed by atoms with Crippen LogP contribution in [0, 0.1) is 15.9 Å². The largest absolute Gasteiger partial charge is 0.308 e. The van der Waals surface area contributed by atoms with Gasteiger partial charge in [0, 0.05) is 18.2 Å². The fraction of sp³-hybridized carbons (Fsp3) is 0.364. The second-order valence-electron chi connectivity index (χ2n) is 4.44. The topological polar surface area (TPSA) is 98.8 Å². The number of nitro benzene ring substituents is 1. The van der Waals surface area contributed by atoms with Gasteiger partial charge in [0.25, 0.3) is 0 Å². The van der Waals surface area contributed by atoms with Crippen molar-refractivity contribution < 1.29 is 9.31 Å². The average molecular weight is 280 g/mol. The number of tetrazole rings is 1. The monoisotopic (exact) mass is 280 g/mol. The minimum absolute atomic E-state index is 0.244. The van der Waals surface area contributed by atoms with Gasteiger partial charge in [-0.05, 0) is 16.5 Å². The molecule has 0 radical (unpaired) electrons.